The monoisotopic (exact) mass is 324 g/mol. The zero-order chi connectivity index (χ0) is 15.3. The van der Waals surface area contributed by atoms with E-state index >= 15 is 0 Å². The van der Waals surface area contributed by atoms with E-state index in [1.54, 1.807) is 43.3 Å². The second-order valence-corrected chi connectivity index (χ2v) is 7.22. The number of amides is 1. The zero-order valence-electron chi connectivity index (χ0n) is 11.5. The highest BCUT2D eigenvalue weighted by molar-refractivity contribution is 7.92. The summed E-state index contributed by atoms with van der Waals surface area (Å²) >= 11 is 1.35. The molecule has 0 saturated carbocycles. The highest BCUT2D eigenvalue weighted by Crippen LogP contribution is 2.18. The fraction of sp³-hybridized carbons (Fsp3) is 0.214. The molecule has 0 atom stereocenters. The minimum Gasteiger partial charge on any atom is -0.321 e. The maximum absolute atomic E-state index is 11.9. The minimum absolute atomic E-state index is 0.0682. The summed E-state index contributed by atoms with van der Waals surface area (Å²) in [6, 6.07) is 10.2. The second-order valence-electron chi connectivity index (χ2n) is 4.43. The molecule has 112 valence electrons. The first kappa shape index (κ1) is 15.5. The van der Waals surface area contributed by atoms with Crippen molar-refractivity contribution in [2.24, 2.45) is 0 Å². The lowest BCUT2D eigenvalue weighted by molar-refractivity contribution is 0.103. The number of nitrogens with one attached hydrogen (secondary N) is 2. The maximum Gasteiger partial charge on any atom is 0.265 e. The molecule has 0 radical (unpaired) electrons. The quantitative estimate of drug-likeness (QED) is 0.857. The van der Waals surface area contributed by atoms with Crippen molar-refractivity contribution in [2.75, 3.05) is 15.8 Å². The lowest BCUT2D eigenvalue weighted by atomic mass is 10.3. The van der Waals surface area contributed by atoms with Crippen molar-refractivity contribution >= 4 is 38.6 Å². The van der Waals surface area contributed by atoms with Gasteiger partial charge in [-0.3, -0.25) is 9.52 Å². The fourth-order valence-corrected chi connectivity index (χ4v) is 3.50. The molecule has 7 heteroatoms. The number of benzene rings is 1. The predicted molar refractivity (Wildman–Crippen MR) is 86.4 cm³/mol. The molecule has 0 aliphatic heterocycles. The number of anilines is 2. The van der Waals surface area contributed by atoms with E-state index in [0.717, 1.165) is 0 Å². The zero-order valence-corrected chi connectivity index (χ0v) is 13.1. The van der Waals surface area contributed by atoms with Gasteiger partial charge in [-0.2, -0.15) is 0 Å². The average Bonchev–Trinajstić information content (AvgIpc) is 2.92. The third-order valence-corrected chi connectivity index (χ3v) is 4.97. The first-order chi connectivity index (χ1) is 10.00. The molecule has 2 N–H and O–H groups in total. The predicted octanol–water partition coefficient (Wildman–Crippen LogP) is 3.15. The standard InChI is InChI=1S/C14H16N2O3S2/c1-2-9-21(18,19)16-12-6-3-5-11(10-12)15-14(17)13-7-4-8-20-13/h3-8,10,16H,2,9H2,1H3,(H,15,17). The average molecular weight is 324 g/mol. The van der Waals surface area contributed by atoms with Gasteiger partial charge in [-0.25, -0.2) is 8.42 Å². The first-order valence-electron chi connectivity index (χ1n) is 6.45. The van der Waals surface area contributed by atoms with Gasteiger partial charge in [0.05, 0.1) is 16.3 Å². The van der Waals surface area contributed by atoms with Gasteiger partial charge in [0.2, 0.25) is 10.0 Å². The lowest BCUT2D eigenvalue weighted by Gasteiger charge is -2.09. The molecule has 0 spiro atoms. The summed E-state index contributed by atoms with van der Waals surface area (Å²) in [7, 11) is -3.33. The van der Waals surface area contributed by atoms with Crippen LogP contribution in [0, 0.1) is 0 Å². The Bertz CT molecular complexity index is 710. The summed E-state index contributed by atoms with van der Waals surface area (Å²) in [6.45, 7) is 1.80. The van der Waals surface area contributed by atoms with E-state index in [2.05, 4.69) is 10.0 Å². The summed E-state index contributed by atoms with van der Waals surface area (Å²) in [5, 5.41) is 4.56. The van der Waals surface area contributed by atoms with Gasteiger partial charge < -0.3 is 5.32 Å². The van der Waals surface area contributed by atoms with Crippen LogP contribution in [-0.4, -0.2) is 20.1 Å². The van der Waals surface area contributed by atoms with Crippen molar-refractivity contribution in [1.82, 2.24) is 0 Å². The van der Waals surface area contributed by atoms with Crippen molar-refractivity contribution in [1.29, 1.82) is 0 Å². The van der Waals surface area contributed by atoms with Crippen LogP contribution < -0.4 is 10.0 Å². The van der Waals surface area contributed by atoms with Crippen molar-refractivity contribution in [3.63, 3.8) is 0 Å². The van der Waals surface area contributed by atoms with Gasteiger partial charge >= 0.3 is 0 Å². The molecule has 21 heavy (non-hydrogen) atoms. The molecule has 1 amide bonds. The number of carbonyl (C=O) groups excluding carboxylic acids is 1. The van der Waals surface area contributed by atoms with Crippen LogP contribution in [-0.2, 0) is 10.0 Å². The Morgan fingerprint density at radius 1 is 1.19 bits per heavy atom. The summed E-state index contributed by atoms with van der Waals surface area (Å²) in [5.74, 6) is -0.141. The number of sulfonamides is 1. The van der Waals surface area contributed by atoms with Gasteiger partial charge in [0, 0.05) is 5.69 Å². The molecule has 5 nitrogen and oxygen atoms in total. The molecule has 1 aromatic heterocycles. The molecule has 2 aromatic rings. The van der Waals surface area contributed by atoms with Gasteiger partial charge in [0.1, 0.15) is 0 Å². The van der Waals surface area contributed by atoms with Crippen molar-refractivity contribution < 1.29 is 13.2 Å². The van der Waals surface area contributed by atoms with E-state index in [1.807, 2.05) is 5.38 Å². The molecule has 1 heterocycles. The van der Waals surface area contributed by atoms with Crippen molar-refractivity contribution in [2.45, 2.75) is 13.3 Å². The summed E-state index contributed by atoms with van der Waals surface area (Å²) in [5.41, 5.74) is 0.984. The van der Waals surface area contributed by atoms with E-state index in [1.165, 1.54) is 11.3 Å². The summed E-state index contributed by atoms with van der Waals surface area (Å²) in [6.07, 6.45) is 0.546. The molecule has 0 unspecified atom stereocenters. The van der Waals surface area contributed by atoms with Crippen LogP contribution in [0.25, 0.3) is 0 Å². The molecule has 0 aliphatic carbocycles. The third-order valence-electron chi connectivity index (χ3n) is 2.61. The third kappa shape index (κ3) is 4.57. The highest BCUT2D eigenvalue weighted by Gasteiger charge is 2.10. The second kappa shape index (κ2) is 6.73. The lowest BCUT2D eigenvalue weighted by Crippen LogP contribution is -2.16. The van der Waals surface area contributed by atoms with E-state index in [0.29, 0.717) is 22.7 Å². The molecule has 0 fully saturated rings. The Morgan fingerprint density at radius 2 is 1.95 bits per heavy atom. The van der Waals surface area contributed by atoms with Crippen molar-refractivity contribution in [3.8, 4) is 0 Å². The Kier molecular flexibility index (Phi) is 4.98. The fourth-order valence-electron chi connectivity index (χ4n) is 1.76. The van der Waals surface area contributed by atoms with Gasteiger partial charge in [0.25, 0.3) is 5.91 Å². The Labute approximate surface area is 128 Å². The first-order valence-corrected chi connectivity index (χ1v) is 8.99. The topological polar surface area (TPSA) is 75.3 Å². The van der Waals surface area contributed by atoms with E-state index in [4.69, 9.17) is 0 Å². The molecule has 1 aromatic carbocycles. The number of hydrogen-bond acceptors (Lipinski definition) is 4. The number of rotatable bonds is 6. The normalized spacial score (nSPS) is 11.1. The van der Waals surface area contributed by atoms with Crippen LogP contribution in [0.2, 0.25) is 0 Å². The van der Waals surface area contributed by atoms with Crippen LogP contribution in [0.15, 0.2) is 41.8 Å². The van der Waals surface area contributed by atoms with Gasteiger partial charge in [-0.1, -0.05) is 19.1 Å². The molecule has 0 saturated heterocycles. The van der Waals surface area contributed by atoms with Gasteiger partial charge in [-0.15, -0.1) is 11.3 Å². The Balaban J connectivity index is 2.09. The Hall–Kier alpha value is -1.86. The van der Waals surface area contributed by atoms with Crippen LogP contribution in [0.5, 0.6) is 0 Å². The molecule has 0 bridgehead atoms. The smallest absolute Gasteiger partial charge is 0.265 e. The Morgan fingerprint density at radius 3 is 2.62 bits per heavy atom. The van der Waals surface area contributed by atoms with Crippen molar-refractivity contribution in [3.05, 3.63) is 46.7 Å². The number of carbonyl (C=O) groups is 1. The van der Waals surface area contributed by atoms with Gasteiger partial charge in [-0.05, 0) is 36.1 Å². The van der Waals surface area contributed by atoms with Gasteiger partial charge in [0.15, 0.2) is 0 Å². The summed E-state index contributed by atoms with van der Waals surface area (Å²) < 4.78 is 25.9. The molecular formula is C14H16N2O3S2. The highest BCUT2D eigenvalue weighted by atomic mass is 32.2. The summed E-state index contributed by atoms with van der Waals surface area (Å²) in [4.78, 5) is 12.5. The number of hydrogen-bond donors (Lipinski definition) is 2. The van der Waals surface area contributed by atoms with E-state index in [9.17, 15) is 13.2 Å². The van der Waals surface area contributed by atoms with Crippen LogP contribution in [0.3, 0.4) is 0 Å². The molecule has 2 rings (SSSR count). The molecule has 0 aliphatic rings. The maximum atomic E-state index is 11.9. The SMILES string of the molecule is CCCS(=O)(=O)Nc1cccc(NC(=O)c2cccs2)c1. The van der Waals surface area contributed by atoms with Crippen LogP contribution >= 0.6 is 11.3 Å². The minimum atomic E-state index is -3.33. The number of thiophene rings is 1. The van der Waals surface area contributed by atoms with Crippen LogP contribution in [0.1, 0.15) is 23.0 Å². The largest absolute Gasteiger partial charge is 0.321 e. The van der Waals surface area contributed by atoms with E-state index in [-0.39, 0.29) is 11.7 Å². The van der Waals surface area contributed by atoms with Crippen LogP contribution in [0.4, 0.5) is 11.4 Å². The van der Waals surface area contributed by atoms with E-state index < -0.39 is 10.0 Å². The molecular weight excluding hydrogens is 308 g/mol.